The van der Waals surface area contributed by atoms with Crippen LogP contribution in [0.15, 0.2) is 75.9 Å². The SMILES string of the molecule is O=c1ccc2cc(Br)c(O)cc2o1.O=c1ccc2cc(Br)c(O)cc2o1.S. The molecule has 0 atom stereocenters. The van der Waals surface area contributed by atoms with Gasteiger partial charge in [0.2, 0.25) is 0 Å². The molecule has 0 aliphatic carbocycles. The van der Waals surface area contributed by atoms with Gasteiger partial charge < -0.3 is 19.0 Å². The van der Waals surface area contributed by atoms with Crippen LogP contribution in [0, 0.1) is 0 Å². The maximum atomic E-state index is 10.8. The molecule has 0 fully saturated rings. The number of rotatable bonds is 0. The molecule has 2 heterocycles. The van der Waals surface area contributed by atoms with Crippen molar-refractivity contribution >= 4 is 67.3 Å². The van der Waals surface area contributed by atoms with Gasteiger partial charge in [-0.05, 0) is 56.1 Å². The zero-order valence-corrected chi connectivity index (χ0v) is 17.6. The maximum Gasteiger partial charge on any atom is 0.336 e. The highest BCUT2D eigenvalue weighted by molar-refractivity contribution is 9.10. The van der Waals surface area contributed by atoms with E-state index >= 15 is 0 Å². The molecule has 27 heavy (non-hydrogen) atoms. The average molecular weight is 516 g/mol. The first-order valence-electron chi connectivity index (χ1n) is 7.18. The summed E-state index contributed by atoms with van der Waals surface area (Å²) in [5.41, 5.74) is -0.0788. The lowest BCUT2D eigenvalue weighted by atomic mass is 10.2. The molecule has 0 bridgehead atoms. The molecule has 0 saturated carbocycles. The molecular formula is C18H12Br2O6S. The van der Waals surface area contributed by atoms with Crippen molar-refractivity contribution in [3.63, 3.8) is 0 Å². The first kappa shape index (κ1) is 21.1. The third-order valence-corrected chi connectivity index (χ3v) is 4.65. The topological polar surface area (TPSA) is 101 Å². The van der Waals surface area contributed by atoms with E-state index in [0.29, 0.717) is 20.1 Å². The van der Waals surface area contributed by atoms with Gasteiger partial charge in [0.15, 0.2) is 0 Å². The summed E-state index contributed by atoms with van der Waals surface area (Å²) in [7, 11) is 0. The van der Waals surface area contributed by atoms with Gasteiger partial charge in [-0.3, -0.25) is 0 Å². The van der Waals surface area contributed by atoms with Crippen LogP contribution in [-0.4, -0.2) is 10.2 Å². The molecule has 2 N–H and O–H groups in total. The van der Waals surface area contributed by atoms with Gasteiger partial charge in [0.25, 0.3) is 0 Å². The highest BCUT2D eigenvalue weighted by atomic mass is 79.9. The van der Waals surface area contributed by atoms with Gasteiger partial charge in [-0.2, -0.15) is 13.5 Å². The van der Waals surface area contributed by atoms with Crippen LogP contribution in [-0.2, 0) is 0 Å². The molecule has 4 rings (SSSR count). The summed E-state index contributed by atoms with van der Waals surface area (Å²) >= 11 is 6.33. The Bertz CT molecular complexity index is 1130. The van der Waals surface area contributed by atoms with E-state index in [-0.39, 0.29) is 25.0 Å². The monoisotopic (exact) mass is 514 g/mol. The Balaban J connectivity index is 0.000000187. The van der Waals surface area contributed by atoms with E-state index in [1.165, 1.54) is 24.3 Å². The van der Waals surface area contributed by atoms with Crippen molar-refractivity contribution in [3.8, 4) is 11.5 Å². The molecule has 0 unspecified atom stereocenters. The predicted molar refractivity (Wildman–Crippen MR) is 114 cm³/mol. The normalized spacial score (nSPS) is 10.1. The largest absolute Gasteiger partial charge is 0.507 e. The molecular weight excluding hydrogens is 504 g/mol. The van der Waals surface area contributed by atoms with E-state index in [1.54, 1.807) is 24.3 Å². The van der Waals surface area contributed by atoms with E-state index in [9.17, 15) is 19.8 Å². The number of phenols is 2. The zero-order chi connectivity index (χ0) is 18.8. The van der Waals surface area contributed by atoms with Crippen molar-refractivity contribution in [1.29, 1.82) is 0 Å². The van der Waals surface area contributed by atoms with Gasteiger partial charge in [-0.15, -0.1) is 0 Å². The fraction of sp³-hybridized carbons (Fsp3) is 0. The van der Waals surface area contributed by atoms with Gasteiger partial charge in [-0.1, -0.05) is 0 Å². The second-order valence-corrected chi connectivity index (χ2v) is 6.90. The van der Waals surface area contributed by atoms with Gasteiger partial charge in [-0.25, -0.2) is 9.59 Å². The fourth-order valence-corrected chi connectivity index (χ4v) is 2.88. The van der Waals surface area contributed by atoms with Crippen LogP contribution in [0.5, 0.6) is 11.5 Å². The summed E-state index contributed by atoms with van der Waals surface area (Å²) in [6.45, 7) is 0. The van der Waals surface area contributed by atoms with Crippen LogP contribution >= 0.6 is 45.4 Å². The quantitative estimate of drug-likeness (QED) is 0.331. The van der Waals surface area contributed by atoms with Crippen LogP contribution in [0.4, 0.5) is 0 Å². The Labute approximate surface area is 175 Å². The number of aromatic hydroxyl groups is 2. The number of fused-ring (bicyclic) bond motifs is 2. The Morgan fingerprint density at radius 1 is 0.667 bits per heavy atom. The summed E-state index contributed by atoms with van der Waals surface area (Å²) in [5.74, 6) is 0.115. The standard InChI is InChI=1S/2C9H5BrO3.H2S/c2*10-6-3-5-1-2-9(12)13-8(5)4-7(6)11;/h2*1-4,11H;1H2. The lowest BCUT2D eigenvalue weighted by molar-refractivity contribution is 0.469. The summed E-state index contributed by atoms with van der Waals surface area (Å²) < 4.78 is 10.9. The first-order valence-corrected chi connectivity index (χ1v) is 8.77. The Morgan fingerprint density at radius 3 is 1.41 bits per heavy atom. The zero-order valence-electron chi connectivity index (χ0n) is 13.4. The van der Waals surface area contributed by atoms with E-state index in [2.05, 4.69) is 31.9 Å². The minimum Gasteiger partial charge on any atom is -0.507 e. The molecule has 0 radical (unpaired) electrons. The molecule has 0 aliphatic rings. The number of phenolic OH excluding ortho intramolecular Hbond substituents is 2. The number of hydrogen-bond donors (Lipinski definition) is 2. The molecule has 4 aromatic rings. The molecule has 140 valence electrons. The van der Waals surface area contributed by atoms with Crippen LogP contribution in [0.3, 0.4) is 0 Å². The van der Waals surface area contributed by atoms with Gasteiger partial charge in [0.05, 0.1) is 8.95 Å². The van der Waals surface area contributed by atoms with Gasteiger partial charge >= 0.3 is 11.3 Å². The molecule has 0 spiro atoms. The highest BCUT2D eigenvalue weighted by Gasteiger charge is 2.03. The van der Waals surface area contributed by atoms with Crippen LogP contribution < -0.4 is 11.3 Å². The predicted octanol–water partition coefficient (Wildman–Crippen LogP) is 4.64. The Kier molecular flexibility index (Phi) is 6.74. The van der Waals surface area contributed by atoms with Crippen LogP contribution in [0.25, 0.3) is 21.9 Å². The fourth-order valence-electron chi connectivity index (χ4n) is 2.15. The number of hydrogen-bond acceptors (Lipinski definition) is 6. The van der Waals surface area contributed by atoms with E-state index < -0.39 is 11.3 Å². The lowest BCUT2D eigenvalue weighted by Gasteiger charge is -1.98. The van der Waals surface area contributed by atoms with Crippen LogP contribution in [0.1, 0.15) is 0 Å². The second kappa shape index (κ2) is 8.64. The summed E-state index contributed by atoms with van der Waals surface area (Å²) in [5, 5.41) is 20.1. The van der Waals surface area contributed by atoms with Gasteiger partial charge in [0.1, 0.15) is 22.7 Å². The third kappa shape index (κ3) is 4.94. The molecule has 6 nitrogen and oxygen atoms in total. The van der Waals surface area contributed by atoms with E-state index in [4.69, 9.17) is 8.83 Å². The summed E-state index contributed by atoms with van der Waals surface area (Å²) in [6, 6.07) is 12.2. The highest BCUT2D eigenvalue weighted by Crippen LogP contribution is 2.29. The van der Waals surface area contributed by atoms with Crippen molar-refractivity contribution in [2.75, 3.05) is 0 Å². The van der Waals surface area contributed by atoms with Crippen molar-refractivity contribution in [2.45, 2.75) is 0 Å². The second-order valence-electron chi connectivity index (χ2n) is 5.19. The molecule has 0 amide bonds. The average Bonchev–Trinajstić information content (AvgIpc) is 2.58. The van der Waals surface area contributed by atoms with Crippen molar-refractivity contribution < 1.29 is 19.0 Å². The molecule has 0 aliphatic heterocycles. The summed E-state index contributed by atoms with van der Waals surface area (Å²) in [4.78, 5) is 21.6. The lowest BCUT2D eigenvalue weighted by Crippen LogP contribution is -1.93. The molecule has 9 heteroatoms. The Morgan fingerprint density at radius 2 is 1.04 bits per heavy atom. The molecule has 2 aromatic carbocycles. The number of halogens is 2. The van der Waals surface area contributed by atoms with Crippen molar-refractivity contribution in [1.82, 2.24) is 0 Å². The summed E-state index contributed by atoms with van der Waals surface area (Å²) in [6.07, 6.45) is 0. The Hall–Kier alpha value is -2.23. The minimum atomic E-state index is -0.422. The van der Waals surface area contributed by atoms with Gasteiger partial charge in [0, 0.05) is 35.0 Å². The smallest absolute Gasteiger partial charge is 0.336 e. The van der Waals surface area contributed by atoms with E-state index in [0.717, 1.165) is 10.8 Å². The van der Waals surface area contributed by atoms with Crippen LogP contribution in [0.2, 0.25) is 0 Å². The van der Waals surface area contributed by atoms with E-state index in [1.807, 2.05) is 0 Å². The minimum absolute atomic E-state index is 0. The maximum absolute atomic E-state index is 10.8. The first-order chi connectivity index (χ1) is 12.3. The molecule has 2 aromatic heterocycles. The van der Waals surface area contributed by atoms with Crippen molar-refractivity contribution in [3.05, 3.63) is 78.3 Å². The third-order valence-electron chi connectivity index (χ3n) is 3.38. The van der Waals surface area contributed by atoms with Crippen molar-refractivity contribution in [2.24, 2.45) is 0 Å². The number of benzene rings is 2. The molecule has 0 saturated heterocycles.